The van der Waals surface area contributed by atoms with Crippen LogP contribution in [0.1, 0.15) is 30.0 Å². The van der Waals surface area contributed by atoms with Crippen LogP contribution in [0, 0.1) is 0 Å². The fraction of sp³-hybridized carbons (Fsp3) is 0.727. The minimum Gasteiger partial charge on any atom is -0.335 e. The van der Waals surface area contributed by atoms with Crippen molar-refractivity contribution in [3.8, 4) is 0 Å². The summed E-state index contributed by atoms with van der Waals surface area (Å²) in [5, 5.41) is 11.3. The maximum absolute atomic E-state index is 12.3. The summed E-state index contributed by atoms with van der Waals surface area (Å²) in [6.07, 6.45) is 0.786. The van der Waals surface area contributed by atoms with E-state index in [0.717, 1.165) is 44.8 Å². The van der Waals surface area contributed by atoms with Gasteiger partial charge in [0.1, 0.15) is 0 Å². The standard InChI is InChI=1S/C11H19N5O/c1-3-9-10(13-14-16(9)4-2)11(17)15-7-5-12-6-8-15/h12H,3-8H2,1-2H3. The third-order valence-electron chi connectivity index (χ3n) is 3.08. The molecular formula is C11H19N5O. The summed E-state index contributed by atoms with van der Waals surface area (Å²) in [5.74, 6) is 0.0167. The zero-order chi connectivity index (χ0) is 12.3. The predicted octanol–water partition coefficient (Wildman–Crippen LogP) is -0.0942. The highest BCUT2D eigenvalue weighted by Crippen LogP contribution is 2.10. The number of nitrogens with zero attached hydrogens (tertiary/aromatic N) is 4. The van der Waals surface area contributed by atoms with E-state index in [-0.39, 0.29) is 5.91 Å². The number of amides is 1. The lowest BCUT2D eigenvalue weighted by molar-refractivity contribution is 0.0728. The van der Waals surface area contributed by atoms with Crippen molar-refractivity contribution < 1.29 is 4.79 Å². The molecule has 1 aliphatic rings. The maximum Gasteiger partial charge on any atom is 0.276 e. The Kier molecular flexibility index (Phi) is 3.73. The van der Waals surface area contributed by atoms with Gasteiger partial charge in [-0.1, -0.05) is 12.1 Å². The van der Waals surface area contributed by atoms with E-state index in [1.165, 1.54) is 0 Å². The molecule has 0 radical (unpaired) electrons. The van der Waals surface area contributed by atoms with E-state index in [0.29, 0.717) is 5.69 Å². The first-order valence-electron chi connectivity index (χ1n) is 6.20. The van der Waals surface area contributed by atoms with Gasteiger partial charge in [-0.3, -0.25) is 4.79 Å². The van der Waals surface area contributed by atoms with Crippen molar-refractivity contribution in [2.45, 2.75) is 26.8 Å². The van der Waals surface area contributed by atoms with Crippen LogP contribution in [0.25, 0.3) is 0 Å². The number of rotatable bonds is 3. The lowest BCUT2D eigenvalue weighted by Gasteiger charge is -2.26. The number of carbonyl (C=O) groups excluding carboxylic acids is 1. The largest absolute Gasteiger partial charge is 0.335 e. The Morgan fingerprint density at radius 3 is 2.65 bits per heavy atom. The van der Waals surface area contributed by atoms with Crippen molar-refractivity contribution in [2.24, 2.45) is 0 Å². The minimum absolute atomic E-state index is 0.0167. The third kappa shape index (κ3) is 2.31. The average molecular weight is 237 g/mol. The van der Waals surface area contributed by atoms with Crippen LogP contribution < -0.4 is 5.32 Å². The van der Waals surface area contributed by atoms with Crippen molar-refractivity contribution >= 4 is 5.91 Å². The molecule has 6 nitrogen and oxygen atoms in total. The molecule has 2 rings (SSSR count). The summed E-state index contributed by atoms with van der Waals surface area (Å²) < 4.78 is 1.80. The van der Waals surface area contributed by atoms with Gasteiger partial charge in [0.15, 0.2) is 5.69 Å². The van der Waals surface area contributed by atoms with E-state index in [1.54, 1.807) is 4.68 Å². The van der Waals surface area contributed by atoms with E-state index in [2.05, 4.69) is 15.6 Å². The fourth-order valence-electron chi connectivity index (χ4n) is 2.12. The van der Waals surface area contributed by atoms with Crippen LogP contribution in [0.3, 0.4) is 0 Å². The molecule has 6 heteroatoms. The maximum atomic E-state index is 12.3. The van der Waals surface area contributed by atoms with Gasteiger partial charge in [0.05, 0.1) is 5.69 Å². The van der Waals surface area contributed by atoms with Crippen molar-refractivity contribution in [1.82, 2.24) is 25.2 Å². The molecule has 1 saturated heterocycles. The molecule has 1 aromatic rings. The second-order valence-electron chi connectivity index (χ2n) is 4.10. The van der Waals surface area contributed by atoms with E-state index in [1.807, 2.05) is 18.7 Å². The first kappa shape index (κ1) is 12.0. The summed E-state index contributed by atoms with van der Waals surface area (Å²) >= 11 is 0. The molecule has 0 bridgehead atoms. The average Bonchev–Trinajstić information content (AvgIpc) is 2.81. The Labute approximate surface area is 101 Å². The number of hydrogen-bond donors (Lipinski definition) is 1. The molecule has 0 spiro atoms. The van der Waals surface area contributed by atoms with Crippen molar-refractivity contribution in [1.29, 1.82) is 0 Å². The third-order valence-corrected chi connectivity index (χ3v) is 3.08. The molecule has 1 aliphatic heterocycles. The topological polar surface area (TPSA) is 63.1 Å². The van der Waals surface area contributed by atoms with Crippen LogP contribution in [0.5, 0.6) is 0 Å². The molecule has 94 valence electrons. The van der Waals surface area contributed by atoms with Gasteiger partial charge in [-0.25, -0.2) is 4.68 Å². The Balaban J connectivity index is 2.20. The molecule has 0 aromatic carbocycles. The number of aromatic nitrogens is 3. The molecule has 17 heavy (non-hydrogen) atoms. The molecule has 1 fully saturated rings. The zero-order valence-electron chi connectivity index (χ0n) is 10.4. The van der Waals surface area contributed by atoms with Crippen molar-refractivity contribution in [3.05, 3.63) is 11.4 Å². The second-order valence-corrected chi connectivity index (χ2v) is 4.10. The van der Waals surface area contributed by atoms with Gasteiger partial charge in [-0.2, -0.15) is 0 Å². The SMILES string of the molecule is CCc1c(C(=O)N2CCNCC2)nnn1CC. The van der Waals surface area contributed by atoms with Gasteiger partial charge in [0.25, 0.3) is 5.91 Å². The molecule has 1 aromatic heterocycles. The van der Waals surface area contributed by atoms with Gasteiger partial charge in [0.2, 0.25) is 0 Å². The highest BCUT2D eigenvalue weighted by Gasteiger charge is 2.24. The zero-order valence-corrected chi connectivity index (χ0v) is 10.4. The minimum atomic E-state index is 0.0167. The number of carbonyl (C=O) groups is 1. The Morgan fingerprint density at radius 1 is 1.35 bits per heavy atom. The Hall–Kier alpha value is -1.43. The van der Waals surface area contributed by atoms with Crippen LogP contribution in [-0.4, -0.2) is 52.0 Å². The van der Waals surface area contributed by atoms with Gasteiger partial charge in [0, 0.05) is 32.7 Å². The monoisotopic (exact) mass is 237 g/mol. The second kappa shape index (κ2) is 5.27. The highest BCUT2D eigenvalue weighted by atomic mass is 16.2. The van der Waals surface area contributed by atoms with Crippen LogP contribution in [0.15, 0.2) is 0 Å². The Bertz CT molecular complexity index is 395. The fourth-order valence-corrected chi connectivity index (χ4v) is 2.12. The molecule has 1 N–H and O–H groups in total. The molecule has 0 atom stereocenters. The van der Waals surface area contributed by atoms with Crippen molar-refractivity contribution in [3.63, 3.8) is 0 Å². The number of aryl methyl sites for hydroxylation is 1. The van der Waals surface area contributed by atoms with Crippen LogP contribution in [0.2, 0.25) is 0 Å². The number of piperazine rings is 1. The number of hydrogen-bond acceptors (Lipinski definition) is 4. The first-order valence-corrected chi connectivity index (χ1v) is 6.20. The summed E-state index contributed by atoms with van der Waals surface area (Å²) in [6.45, 7) is 8.00. The highest BCUT2D eigenvalue weighted by molar-refractivity contribution is 5.93. The van der Waals surface area contributed by atoms with Gasteiger partial charge in [-0.15, -0.1) is 5.10 Å². The Morgan fingerprint density at radius 2 is 2.06 bits per heavy atom. The van der Waals surface area contributed by atoms with E-state index < -0.39 is 0 Å². The van der Waals surface area contributed by atoms with Crippen LogP contribution >= 0.6 is 0 Å². The molecule has 0 unspecified atom stereocenters. The number of nitrogens with one attached hydrogen (secondary N) is 1. The van der Waals surface area contributed by atoms with Gasteiger partial charge >= 0.3 is 0 Å². The summed E-state index contributed by atoms with van der Waals surface area (Å²) in [7, 11) is 0. The van der Waals surface area contributed by atoms with Crippen LogP contribution in [0.4, 0.5) is 0 Å². The van der Waals surface area contributed by atoms with E-state index in [4.69, 9.17) is 0 Å². The lowest BCUT2D eigenvalue weighted by Crippen LogP contribution is -2.46. The van der Waals surface area contributed by atoms with Gasteiger partial charge in [-0.05, 0) is 13.3 Å². The summed E-state index contributed by atoms with van der Waals surface area (Å²) in [5.41, 5.74) is 1.47. The molecule has 0 aliphatic carbocycles. The normalized spacial score (nSPS) is 16.2. The summed E-state index contributed by atoms with van der Waals surface area (Å²) in [4.78, 5) is 14.1. The van der Waals surface area contributed by atoms with Gasteiger partial charge < -0.3 is 10.2 Å². The molecule has 1 amide bonds. The lowest BCUT2D eigenvalue weighted by atomic mass is 10.2. The molecule has 2 heterocycles. The van der Waals surface area contributed by atoms with E-state index >= 15 is 0 Å². The van der Waals surface area contributed by atoms with E-state index in [9.17, 15) is 4.79 Å². The predicted molar refractivity (Wildman–Crippen MR) is 63.8 cm³/mol. The summed E-state index contributed by atoms with van der Waals surface area (Å²) in [6, 6.07) is 0. The smallest absolute Gasteiger partial charge is 0.276 e. The first-order chi connectivity index (χ1) is 8.27. The van der Waals surface area contributed by atoms with Crippen molar-refractivity contribution in [2.75, 3.05) is 26.2 Å². The quantitative estimate of drug-likeness (QED) is 0.798. The van der Waals surface area contributed by atoms with Crippen LogP contribution in [-0.2, 0) is 13.0 Å². The molecule has 0 saturated carbocycles. The molecular weight excluding hydrogens is 218 g/mol.